The van der Waals surface area contributed by atoms with Gasteiger partial charge in [0, 0.05) is 5.69 Å². The zero-order valence-electron chi connectivity index (χ0n) is 13.9. The van der Waals surface area contributed by atoms with Crippen LogP contribution in [0.3, 0.4) is 0 Å². The van der Waals surface area contributed by atoms with Crippen molar-refractivity contribution in [1.29, 1.82) is 0 Å². The van der Waals surface area contributed by atoms with Gasteiger partial charge in [-0.3, -0.25) is 4.79 Å². The van der Waals surface area contributed by atoms with E-state index in [2.05, 4.69) is 12.1 Å². The molecule has 2 aromatic rings. The molecule has 4 rings (SSSR count). The van der Waals surface area contributed by atoms with Crippen molar-refractivity contribution >= 4 is 11.6 Å². The van der Waals surface area contributed by atoms with E-state index in [1.54, 1.807) is 7.11 Å². The van der Waals surface area contributed by atoms with E-state index in [4.69, 9.17) is 9.47 Å². The van der Waals surface area contributed by atoms with Crippen LogP contribution in [0.1, 0.15) is 25.0 Å². The number of fused-ring (bicyclic) bond motifs is 1. The molecule has 2 aliphatic rings. The Kier molecular flexibility index (Phi) is 3.77. The number of amides is 1. The first-order chi connectivity index (χ1) is 11.7. The second-order valence-corrected chi connectivity index (χ2v) is 6.48. The third-order valence-electron chi connectivity index (χ3n) is 5.13. The summed E-state index contributed by atoms with van der Waals surface area (Å²) in [6.45, 7) is 2.01. The van der Waals surface area contributed by atoms with Crippen molar-refractivity contribution < 1.29 is 14.3 Å². The van der Waals surface area contributed by atoms with Gasteiger partial charge >= 0.3 is 0 Å². The van der Waals surface area contributed by atoms with Crippen LogP contribution in [0.2, 0.25) is 0 Å². The number of carbonyl (C=O) groups is 1. The molecule has 1 amide bonds. The van der Waals surface area contributed by atoms with Gasteiger partial charge in [0.15, 0.2) is 0 Å². The lowest BCUT2D eigenvalue weighted by Crippen LogP contribution is -2.67. The average molecular weight is 323 g/mol. The van der Waals surface area contributed by atoms with Crippen molar-refractivity contribution in [3.05, 3.63) is 60.2 Å². The average Bonchev–Trinajstić information content (AvgIpc) is 2.62. The van der Waals surface area contributed by atoms with Crippen LogP contribution in [-0.4, -0.2) is 25.2 Å². The third-order valence-corrected chi connectivity index (χ3v) is 5.13. The highest BCUT2D eigenvalue weighted by molar-refractivity contribution is 6.03. The van der Waals surface area contributed by atoms with Gasteiger partial charge in [0.2, 0.25) is 5.91 Å². The molecular formula is C20H21NO3. The lowest BCUT2D eigenvalue weighted by Gasteiger charge is -2.54. The summed E-state index contributed by atoms with van der Waals surface area (Å²) in [7, 11) is 1.64. The second-order valence-electron chi connectivity index (χ2n) is 6.48. The van der Waals surface area contributed by atoms with Gasteiger partial charge in [-0.05, 0) is 43.2 Å². The van der Waals surface area contributed by atoms with Crippen LogP contribution < -0.4 is 9.64 Å². The number of rotatable bonds is 3. The van der Waals surface area contributed by atoms with E-state index in [0.717, 1.165) is 17.9 Å². The summed E-state index contributed by atoms with van der Waals surface area (Å²) in [4.78, 5) is 14.5. The van der Waals surface area contributed by atoms with Gasteiger partial charge in [-0.15, -0.1) is 0 Å². The van der Waals surface area contributed by atoms with Gasteiger partial charge in [0.1, 0.15) is 5.75 Å². The summed E-state index contributed by atoms with van der Waals surface area (Å²) in [5.41, 5.74) is 2.11. The Labute approximate surface area is 142 Å². The summed E-state index contributed by atoms with van der Waals surface area (Å²) >= 11 is 0. The first-order valence-electron chi connectivity index (χ1n) is 8.36. The molecule has 2 aliphatic heterocycles. The number of hydrogen-bond acceptors (Lipinski definition) is 3. The fourth-order valence-corrected chi connectivity index (χ4v) is 3.90. The smallest absolute Gasteiger partial charge is 0.235 e. The summed E-state index contributed by atoms with van der Waals surface area (Å²) in [6.07, 6.45) is 0.809. The predicted molar refractivity (Wildman–Crippen MR) is 92.1 cm³/mol. The molecule has 2 heterocycles. The molecule has 0 saturated carbocycles. The molecule has 0 N–H and O–H groups in total. The van der Waals surface area contributed by atoms with Crippen LogP contribution >= 0.6 is 0 Å². The largest absolute Gasteiger partial charge is 0.497 e. The normalized spacial score (nSPS) is 28.9. The van der Waals surface area contributed by atoms with Crippen molar-refractivity contribution in [3.63, 3.8) is 0 Å². The molecule has 4 atom stereocenters. The Morgan fingerprint density at radius 2 is 1.79 bits per heavy atom. The molecule has 4 heteroatoms. The topological polar surface area (TPSA) is 38.8 Å². The van der Waals surface area contributed by atoms with E-state index in [0.29, 0.717) is 0 Å². The van der Waals surface area contributed by atoms with Crippen molar-refractivity contribution in [2.24, 2.45) is 5.92 Å². The predicted octanol–water partition coefficient (Wildman–Crippen LogP) is 3.58. The lowest BCUT2D eigenvalue weighted by atomic mass is 9.76. The second kappa shape index (κ2) is 5.95. The summed E-state index contributed by atoms with van der Waals surface area (Å²) < 4.78 is 11.3. The quantitative estimate of drug-likeness (QED) is 0.811. The van der Waals surface area contributed by atoms with Gasteiger partial charge in [-0.25, -0.2) is 0 Å². The molecule has 0 bridgehead atoms. The number of benzene rings is 2. The van der Waals surface area contributed by atoms with Crippen LogP contribution in [0.5, 0.6) is 5.75 Å². The fourth-order valence-electron chi connectivity index (χ4n) is 3.90. The summed E-state index contributed by atoms with van der Waals surface area (Å²) in [6, 6.07) is 18.1. The highest BCUT2D eigenvalue weighted by atomic mass is 16.5. The van der Waals surface area contributed by atoms with E-state index < -0.39 is 0 Å². The molecule has 0 spiro atoms. The molecule has 0 aromatic heterocycles. The minimum atomic E-state index is -0.0593. The minimum absolute atomic E-state index is 0.0351. The zero-order chi connectivity index (χ0) is 16.7. The molecule has 2 aromatic carbocycles. The Balaban J connectivity index is 1.58. The molecule has 2 saturated heterocycles. The number of nitrogens with zero attached hydrogens (tertiary/aromatic N) is 1. The van der Waals surface area contributed by atoms with Crippen LogP contribution in [-0.2, 0) is 9.53 Å². The molecule has 2 fully saturated rings. The molecule has 124 valence electrons. The van der Waals surface area contributed by atoms with Crippen molar-refractivity contribution in [2.75, 3.05) is 12.0 Å². The van der Waals surface area contributed by atoms with Crippen molar-refractivity contribution in [2.45, 2.75) is 31.6 Å². The number of hydrogen-bond donors (Lipinski definition) is 0. The Morgan fingerprint density at radius 1 is 1.08 bits per heavy atom. The maximum Gasteiger partial charge on any atom is 0.235 e. The number of anilines is 1. The molecule has 0 unspecified atom stereocenters. The first-order valence-corrected chi connectivity index (χ1v) is 8.36. The third kappa shape index (κ3) is 2.38. The van der Waals surface area contributed by atoms with Gasteiger partial charge in [-0.2, -0.15) is 0 Å². The fraction of sp³-hybridized carbons (Fsp3) is 0.350. The molecular weight excluding hydrogens is 302 g/mol. The van der Waals surface area contributed by atoms with E-state index in [9.17, 15) is 4.79 Å². The highest BCUT2D eigenvalue weighted by Crippen LogP contribution is 2.45. The number of ether oxygens (including phenoxy) is 2. The molecule has 4 nitrogen and oxygen atoms in total. The van der Waals surface area contributed by atoms with Gasteiger partial charge < -0.3 is 14.4 Å². The van der Waals surface area contributed by atoms with E-state index in [1.165, 1.54) is 5.56 Å². The zero-order valence-corrected chi connectivity index (χ0v) is 13.9. The van der Waals surface area contributed by atoms with E-state index in [1.807, 2.05) is 54.3 Å². The standard InChI is InChI=1S/C20H21NO3/c1-13-19-17(12-18(24-13)14-6-4-3-5-7-14)21(20(19)22)15-8-10-16(23-2)11-9-15/h3-11,13,17-19H,12H2,1-2H3/t13-,17+,18+,19-/m1/s1. The van der Waals surface area contributed by atoms with Gasteiger partial charge in [0.05, 0.1) is 31.3 Å². The minimum Gasteiger partial charge on any atom is -0.497 e. The highest BCUT2D eigenvalue weighted by Gasteiger charge is 2.54. The van der Waals surface area contributed by atoms with E-state index in [-0.39, 0.29) is 30.1 Å². The Hall–Kier alpha value is -2.33. The monoisotopic (exact) mass is 323 g/mol. The summed E-state index contributed by atoms with van der Waals surface area (Å²) in [5, 5.41) is 0. The van der Waals surface area contributed by atoms with E-state index >= 15 is 0 Å². The number of β-lactam (4-membered cyclic amide) rings is 1. The SMILES string of the molecule is COc1ccc(N2C(=O)[C@@H]3[C@@H](C)O[C@H](c4ccccc4)C[C@@H]32)cc1. The van der Waals surface area contributed by atoms with Crippen LogP contribution in [0.25, 0.3) is 0 Å². The Bertz CT molecular complexity index is 728. The van der Waals surface area contributed by atoms with Crippen LogP contribution in [0, 0.1) is 5.92 Å². The maximum absolute atomic E-state index is 12.6. The molecule has 0 aliphatic carbocycles. The number of carbonyl (C=O) groups excluding carboxylic acids is 1. The molecule has 24 heavy (non-hydrogen) atoms. The van der Waals surface area contributed by atoms with Gasteiger partial charge in [0.25, 0.3) is 0 Å². The maximum atomic E-state index is 12.6. The van der Waals surface area contributed by atoms with Crippen molar-refractivity contribution in [1.82, 2.24) is 0 Å². The Morgan fingerprint density at radius 3 is 2.46 bits per heavy atom. The van der Waals surface area contributed by atoms with Crippen molar-refractivity contribution in [3.8, 4) is 5.75 Å². The lowest BCUT2D eigenvalue weighted by molar-refractivity contribution is -0.154. The van der Waals surface area contributed by atoms with Crippen LogP contribution in [0.15, 0.2) is 54.6 Å². The first kappa shape index (κ1) is 15.2. The van der Waals surface area contributed by atoms with Gasteiger partial charge in [-0.1, -0.05) is 30.3 Å². The van der Waals surface area contributed by atoms with Crippen LogP contribution in [0.4, 0.5) is 5.69 Å². The number of methoxy groups -OCH3 is 1. The summed E-state index contributed by atoms with van der Waals surface area (Å²) in [5.74, 6) is 0.919. The molecule has 0 radical (unpaired) electrons.